The van der Waals surface area contributed by atoms with Crippen molar-refractivity contribution in [1.29, 1.82) is 0 Å². The molecule has 0 saturated carbocycles. The molecule has 2 aliphatic rings. The summed E-state index contributed by atoms with van der Waals surface area (Å²) in [5.74, 6) is 1.25. The largest absolute Gasteiger partial charge is 0.497 e. The Bertz CT molecular complexity index is 1210. The van der Waals surface area contributed by atoms with Crippen molar-refractivity contribution in [1.82, 2.24) is 20.1 Å². The molecule has 1 fully saturated rings. The summed E-state index contributed by atoms with van der Waals surface area (Å²) >= 11 is 0. The van der Waals surface area contributed by atoms with Gasteiger partial charge in [0.2, 0.25) is 5.91 Å². The molecular formula is C29H36N4O3. The molecule has 2 aromatic carbocycles. The monoisotopic (exact) mass is 488 g/mol. The zero-order chi connectivity index (χ0) is 24.9. The van der Waals surface area contributed by atoms with E-state index in [0.29, 0.717) is 31.1 Å². The fourth-order valence-corrected chi connectivity index (χ4v) is 5.47. The first-order valence-corrected chi connectivity index (χ1v) is 13.1. The number of piperidine rings is 1. The molecule has 0 unspecified atom stereocenters. The third-order valence-electron chi connectivity index (χ3n) is 7.62. The first-order chi connectivity index (χ1) is 17.6. The van der Waals surface area contributed by atoms with E-state index in [-0.39, 0.29) is 11.8 Å². The van der Waals surface area contributed by atoms with Gasteiger partial charge in [-0.2, -0.15) is 0 Å². The summed E-state index contributed by atoms with van der Waals surface area (Å²) in [6, 6.07) is 16.3. The number of benzene rings is 2. The van der Waals surface area contributed by atoms with Crippen molar-refractivity contribution in [2.24, 2.45) is 5.92 Å². The van der Waals surface area contributed by atoms with Gasteiger partial charge in [0, 0.05) is 62.7 Å². The predicted octanol–water partition coefficient (Wildman–Crippen LogP) is 3.98. The van der Waals surface area contributed by atoms with E-state index in [1.807, 2.05) is 29.2 Å². The summed E-state index contributed by atoms with van der Waals surface area (Å²) in [4.78, 5) is 33.1. The van der Waals surface area contributed by atoms with Crippen molar-refractivity contribution in [3.05, 3.63) is 65.4 Å². The molecule has 7 nitrogen and oxygen atoms in total. The lowest BCUT2D eigenvalue weighted by Crippen LogP contribution is -2.40. The Labute approximate surface area is 212 Å². The molecule has 0 bridgehead atoms. The summed E-state index contributed by atoms with van der Waals surface area (Å²) < 4.78 is 5.27. The molecule has 2 aliphatic heterocycles. The molecular weight excluding hydrogens is 452 g/mol. The lowest BCUT2D eigenvalue weighted by Gasteiger charge is -2.31. The zero-order valence-electron chi connectivity index (χ0n) is 21.1. The summed E-state index contributed by atoms with van der Waals surface area (Å²) in [6.07, 6.45) is 4.35. The van der Waals surface area contributed by atoms with Gasteiger partial charge in [-0.3, -0.25) is 14.5 Å². The number of ether oxygens (including phenoxy) is 1. The Kier molecular flexibility index (Phi) is 7.56. The average molecular weight is 489 g/mol. The van der Waals surface area contributed by atoms with Crippen molar-refractivity contribution in [3.8, 4) is 5.75 Å². The van der Waals surface area contributed by atoms with Gasteiger partial charge in [0.05, 0.1) is 7.11 Å². The highest BCUT2D eigenvalue weighted by Crippen LogP contribution is 2.25. The number of likely N-dealkylation sites (tertiary alicyclic amines) is 1. The number of fused-ring (bicyclic) bond motifs is 2. The molecule has 190 valence electrons. The molecule has 2 N–H and O–H groups in total. The average Bonchev–Trinajstić information content (AvgIpc) is 3.34. The van der Waals surface area contributed by atoms with Crippen molar-refractivity contribution >= 4 is 22.7 Å². The van der Waals surface area contributed by atoms with E-state index in [1.165, 1.54) is 11.1 Å². The molecule has 3 heterocycles. The summed E-state index contributed by atoms with van der Waals surface area (Å²) in [5.41, 5.74) is 4.40. The van der Waals surface area contributed by atoms with Gasteiger partial charge in [-0.15, -0.1) is 0 Å². The lowest BCUT2D eigenvalue weighted by molar-refractivity contribution is -0.122. The Balaban J connectivity index is 1.01. The number of aromatic nitrogens is 1. The van der Waals surface area contributed by atoms with E-state index < -0.39 is 0 Å². The van der Waals surface area contributed by atoms with Crippen LogP contribution in [0.5, 0.6) is 5.75 Å². The van der Waals surface area contributed by atoms with Crippen LogP contribution in [0.3, 0.4) is 0 Å². The third kappa shape index (κ3) is 5.73. The number of H-pyrrole nitrogens is 1. The summed E-state index contributed by atoms with van der Waals surface area (Å²) in [5, 5.41) is 4.11. The second-order valence-electron chi connectivity index (χ2n) is 10.1. The molecule has 0 aliphatic carbocycles. The van der Waals surface area contributed by atoms with E-state index in [0.717, 1.165) is 68.5 Å². The van der Waals surface area contributed by atoms with Crippen molar-refractivity contribution in [3.63, 3.8) is 0 Å². The molecule has 1 aromatic heterocycles. The highest BCUT2D eigenvalue weighted by molar-refractivity contribution is 5.98. The predicted molar refractivity (Wildman–Crippen MR) is 141 cm³/mol. The highest BCUT2D eigenvalue weighted by Gasteiger charge is 2.26. The van der Waals surface area contributed by atoms with Gasteiger partial charge in [-0.25, -0.2) is 0 Å². The number of rotatable bonds is 8. The van der Waals surface area contributed by atoms with Crippen LogP contribution in [-0.4, -0.2) is 66.4 Å². The summed E-state index contributed by atoms with van der Waals surface area (Å²) in [7, 11) is 1.63. The number of hydrogen-bond acceptors (Lipinski definition) is 4. The van der Waals surface area contributed by atoms with Crippen LogP contribution in [0.2, 0.25) is 0 Å². The van der Waals surface area contributed by atoms with E-state index in [1.54, 1.807) is 7.11 Å². The Morgan fingerprint density at radius 3 is 2.67 bits per heavy atom. The van der Waals surface area contributed by atoms with Gasteiger partial charge >= 0.3 is 0 Å². The minimum absolute atomic E-state index is 0.0217. The van der Waals surface area contributed by atoms with E-state index in [4.69, 9.17) is 4.74 Å². The first-order valence-electron chi connectivity index (χ1n) is 13.1. The standard InChI is InChI=1S/C29H36N4O3/c1-36-25-8-7-23-18-27(31-26(23)19-25)29(35)33-15-9-21(10-16-33)17-28(34)30-12-4-13-32-14-11-22-5-2-3-6-24(22)20-32/h2-3,5-8,18-19,21,31H,4,9-17,20H2,1H3,(H,30,34). The van der Waals surface area contributed by atoms with Gasteiger partial charge in [-0.05, 0) is 60.9 Å². The van der Waals surface area contributed by atoms with Gasteiger partial charge in [0.15, 0.2) is 0 Å². The number of nitrogens with one attached hydrogen (secondary N) is 2. The quantitative estimate of drug-likeness (QED) is 0.470. The molecule has 2 amide bonds. The maximum atomic E-state index is 13.0. The molecule has 0 radical (unpaired) electrons. The smallest absolute Gasteiger partial charge is 0.270 e. The van der Waals surface area contributed by atoms with Crippen LogP contribution >= 0.6 is 0 Å². The second-order valence-corrected chi connectivity index (χ2v) is 10.1. The van der Waals surface area contributed by atoms with E-state index in [9.17, 15) is 9.59 Å². The minimum Gasteiger partial charge on any atom is -0.497 e. The zero-order valence-corrected chi connectivity index (χ0v) is 21.1. The van der Waals surface area contributed by atoms with Crippen LogP contribution < -0.4 is 10.1 Å². The SMILES string of the molecule is COc1ccc2cc(C(=O)N3CCC(CC(=O)NCCCN4CCc5ccccc5C4)CC3)[nH]c2c1. The molecule has 3 aromatic rings. The molecule has 1 saturated heterocycles. The fourth-order valence-electron chi connectivity index (χ4n) is 5.47. The normalized spacial score (nSPS) is 16.6. The highest BCUT2D eigenvalue weighted by atomic mass is 16.5. The molecule has 5 rings (SSSR count). The van der Waals surface area contributed by atoms with Crippen LogP contribution in [-0.2, 0) is 17.8 Å². The van der Waals surface area contributed by atoms with Gasteiger partial charge in [-0.1, -0.05) is 24.3 Å². The van der Waals surface area contributed by atoms with Crippen LogP contribution in [0, 0.1) is 5.92 Å². The minimum atomic E-state index is 0.0217. The molecule has 0 spiro atoms. The lowest BCUT2D eigenvalue weighted by atomic mass is 9.93. The van der Waals surface area contributed by atoms with E-state index in [2.05, 4.69) is 39.5 Å². The molecule has 7 heteroatoms. The number of methoxy groups -OCH3 is 1. The Morgan fingerprint density at radius 2 is 1.86 bits per heavy atom. The van der Waals surface area contributed by atoms with Crippen molar-refractivity contribution < 1.29 is 14.3 Å². The van der Waals surface area contributed by atoms with Crippen LogP contribution in [0.25, 0.3) is 10.9 Å². The van der Waals surface area contributed by atoms with Crippen LogP contribution in [0.1, 0.15) is 47.3 Å². The molecule has 36 heavy (non-hydrogen) atoms. The van der Waals surface area contributed by atoms with Crippen LogP contribution in [0.4, 0.5) is 0 Å². The maximum Gasteiger partial charge on any atom is 0.270 e. The molecule has 0 atom stereocenters. The number of carbonyl (C=O) groups excluding carboxylic acids is 2. The first kappa shape index (κ1) is 24.4. The number of aromatic amines is 1. The third-order valence-corrected chi connectivity index (χ3v) is 7.62. The fraction of sp³-hybridized carbons (Fsp3) is 0.448. The summed E-state index contributed by atoms with van der Waals surface area (Å²) in [6.45, 7) is 5.20. The second kappa shape index (κ2) is 11.2. The van der Waals surface area contributed by atoms with E-state index >= 15 is 0 Å². The number of nitrogens with zero attached hydrogens (tertiary/aromatic N) is 2. The number of carbonyl (C=O) groups is 2. The van der Waals surface area contributed by atoms with Gasteiger partial charge in [0.25, 0.3) is 5.91 Å². The van der Waals surface area contributed by atoms with Gasteiger partial charge in [0.1, 0.15) is 11.4 Å². The van der Waals surface area contributed by atoms with Crippen molar-refractivity contribution in [2.45, 2.75) is 38.6 Å². The number of amides is 2. The number of hydrogen-bond donors (Lipinski definition) is 2. The van der Waals surface area contributed by atoms with Crippen LogP contribution in [0.15, 0.2) is 48.5 Å². The Morgan fingerprint density at radius 1 is 1.06 bits per heavy atom. The van der Waals surface area contributed by atoms with Gasteiger partial charge < -0.3 is 19.9 Å². The van der Waals surface area contributed by atoms with Crippen molar-refractivity contribution in [2.75, 3.05) is 39.8 Å². The maximum absolute atomic E-state index is 13.0. The Hall–Kier alpha value is -3.32. The topological polar surface area (TPSA) is 77.7 Å².